The van der Waals surface area contributed by atoms with Crippen LogP contribution in [0, 0.1) is 17.3 Å². The van der Waals surface area contributed by atoms with Gasteiger partial charge in [-0.1, -0.05) is 50.2 Å². The Kier molecular flexibility index (Phi) is 13.6. The molecule has 2 bridgehead atoms. The average molecular weight is 929 g/mol. The van der Waals surface area contributed by atoms with E-state index in [1.165, 1.54) is 17.4 Å². The Morgan fingerprint density at radius 1 is 0.881 bits per heavy atom. The molecule has 0 radical (unpaired) electrons. The number of aromatic nitrogens is 2. The zero-order valence-electron chi connectivity index (χ0n) is 40.8. The molecule has 8 rings (SSSR count). The van der Waals surface area contributed by atoms with Gasteiger partial charge in [0.15, 0.2) is 11.8 Å². The molecule has 18 heteroatoms. The monoisotopic (exact) mass is 928 g/mol. The molecule has 3 aromatic rings. The zero-order chi connectivity index (χ0) is 48.9. The Morgan fingerprint density at radius 2 is 1.55 bits per heavy atom. The number of hydrogen-bond donors (Lipinski definition) is 1. The lowest BCUT2D eigenvalue weighted by molar-refractivity contribution is -0.199. The maximum absolute atomic E-state index is 14.2. The summed E-state index contributed by atoms with van der Waals surface area (Å²) in [5.41, 5.74) is -1.74. The SMILES string of the molecule is CC(C)(C)OC(=O)Oc1c(CCB2O[C@@H]3C[C@@H]4C[C@@H](C4(C)C)[C@]3(C)O2)ccc(OC2CN(C(=O)C(NC(=O)OCc3ccccc3)c3cn(C(=O)OC(C)(C)C)cn3)C2)c1C(=O)OC(C)(C)C. The van der Waals surface area contributed by atoms with E-state index >= 15 is 0 Å². The number of likely N-dealkylation sites (tertiary alicyclic amines) is 1. The molecule has 1 unspecified atom stereocenters. The summed E-state index contributed by atoms with van der Waals surface area (Å²) in [7, 11) is -0.519. The first-order valence-corrected chi connectivity index (χ1v) is 23.0. The molecule has 3 heterocycles. The molecule has 5 fully saturated rings. The lowest BCUT2D eigenvalue weighted by Gasteiger charge is -2.64. The van der Waals surface area contributed by atoms with Gasteiger partial charge in [0.1, 0.15) is 47.2 Å². The summed E-state index contributed by atoms with van der Waals surface area (Å²) in [4.78, 5) is 73.6. The van der Waals surface area contributed by atoms with Gasteiger partial charge in [-0.25, -0.2) is 28.7 Å². The summed E-state index contributed by atoms with van der Waals surface area (Å²) in [6, 6.07) is 11.0. The maximum Gasteiger partial charge on any atom is 0.514 e. The van der Waals surface area contributed by atoms with Gasteiger partial charge in [0.2, 0.25) is 0 Å². The largest absolute Gasteiger partial charge is 0.514 e. The van der Waals surface area contributed by atoms with E-state index in [9.17, 15) is 24.0 Å². The van der Waals surface area contributed by atoms with Gasteiger partial charge in [-0.2, -0.15) is 0 Å². The van der Waals surface area contributed by atoms with Crippen LogP contribution in [-0.4, -0.2) is 99.5 Å². The summed E-state index contributed by atoms with van der Waals surface area (Å²) in [5, 5.41) is 2.61. The van der Waals surface area contributed by atoms with Crippen molar-refractivity contribution in [1.82, 2.24) is 19.8 Å². The van der Waals surface area contributed by atoms with Crippen molar-refractivity contribution in [3.63, 3.8) is 0 Å². The van der Waals surface area contributed by atoms with Crippen molar-refractivity contribution in [2.75, 3.05) is 13.1 Å². The van der Waals surface area contributed by atoms with Crippen LogP contribution < -0.4 is 14.8 Å². The molecule has 362 valence electrons. The van der Waals surface area contributed by atoms with Crippen LogP contribution in [0.4, 0.5) is 14.4 Å². The van der Waals surface area contributed by atoms with E-state index in [4.69, 9.17) is 37.7 Å². The standard InChI is InChI=1S/C49H65BN4O13/c1-45(2,3)63-41(56)37-34(19-18-30(39(37)62-44(59)65-47(7,8)9)20-21-50-66-36-23-31-22-35(48(31,10)11)49(36,12)67-50)61-32-24-53(25-32)40(55)38(52-42(57)60-27-29-16-14-13-15-17-29)33-26-54(28-51-33)43(58)64-46(4,5)6/h13-19,26,28,31-32,35-36,38H,20-25,27H2,1-12H3,(H,52,57)/t31-,35-,36+,38?,49-/m0/s1. The van der Waals surface area contributed by atoms with Crippen LogP contribution in [0.2, 0.25) is 6.32 Å². The van der Waals surface area contributed by atoms with E-state index in [0.29, 0.717) is 30.1 Å². The second-order valence-electron chi connectivity index (χ2n) is 21.7. The first kappa shape index (κ1) is 49.3. The second kappa shape index (κ2) is 18.5. The highest BCUT2D eigenvalue weighted by atomic mass is 16.7. The van der Waals surface area contributed by atoms with Crippen molar-refractivity contribution in [1.29, 1.82) is 0 Å². The summed E-state index contributed by atoms with van der Waals surface area (Å²) in [6.45, 7) is 22.2. The molecule has 3 aliphatic carbocycles. The third-order valence-corrected chi connectivity index (χ3v) is 12.7. The first-order valence-electron chi connectivity index (χ1n) is 23.0. The molecule has 2 aromatic carbocycles. The van der Waals surface area contributed by atoms with Crippen LogP contribution in [0.25, 0.3) is 0 Å². The molecule has 5 atom stereocenters. The van der Waals surface area contributed by atoms with Crippen LogP contribution in [0.15, 0.2) is 55.0 Å². The van der Waals surface area contributed by atoms with Gasteiger partial charge in [0.25, 0.3) is 5.91 Å². The molecule has 5 aliphatic rings. The van der Waals surface area contributed by atoms with Crippen molar-refractivity contribution in [3.8, 4) is 11.5 Å². The molecule has 3 saturated carbocycles. The number of hydrogen-bond acceptors (Lipinski definition) is 14. The minimum absolute atomic E-state index is 0.0234. The molecule has 1 aromatic heterocycles. The van der Waals surface area contributed by atoms with E-state index in [-0.39, 0.29) is 54.0 Å². The Hall–Kier alpha value is -5.62. The summed E-state index contributed by atoms with van der Waals surface area (Å²) in [6.07, 6.45) is 1.94. The number of carbonyl (C=O) groups is 5. The molecule has 2 saturated heterocycles. The highest BCUT2D eigenvalue weighted by Crippen LogP contribution is 2.65. The summed E-state index contributed by atoms with van der Waals surface area (Å²) < 4.78 is 49.0. The van der Waals surface area contributed by atoms with Gasteiger partial charge < -0.3 is 47.9 Å². The van der Waals surface area contributed by atoms with Crippen LogP contribution >= 0.6 is 0 Å². The lowest BCUT2D eigenvalue weighted by Crippen LogP contribution is -2.65. The minimum Gasteiger partial charge on any atom is -0.486 e. The van der Waals surface area contributed by atoms with Crippen molar-refractivity contribution in [2.45, 2.75) is 156 Å². The first-order chi connectivity index (χ1) is 31.2. The summed E-state index contributed by atoms with van der Waals surface area (Å²) in [5.74, 6) is -0.440. The number of rotatable bonds is 12. The van der Waals surface area contributed by atoms with E-state index in [1.54, 1.807) is 86.6 Å². The zero-order valence-corrected chi connectivity index (χ0v) is 40.8. The van der Waals surface area contributed by atoms with Crippen LogP contribution in [0.3, 0.4) is 0 Å². The Bertz CT molecular complexity index is 2340. The smallest absolute Gasteiger partial charge is 0.486 e. The Labute approximate surface area is 392 Å². The number of esters is 1. The number of benzene rings is 2. The predicted molar refractivity (Wildman–Crippen MR) is 244 cm³/mol. The minimum atomic E-state index is -1.37. The topological polar surface area (TPSA) is 192 Å². The normalized spacial score (nSPS) is 22.6. The molecule has 1 N–H and O–H groups in total. The Balaban J connectivity index is 1.11. The van der Waals surface area contributed by atoms with Gasteiger partial charge in [0, 0.05) is 6.20 Å². The molecular weight excluding hydrogens is 863 g/mol. The number of ether oxygens (including phenoxy) is 6. The molecule has 2 amide bonds. The highest BCUT2D eigenvalue weighted by molar-refractivity contribution is 6.45. The summed E-state index contributed by atoms with van der Waals surface area (Å²) >= 11 is 0. The third-order valence-electron chi connectivity index (χ3n) is 12.7. The molecular formula is C49H65BN4O13. The fraction of sp³-hybridized carbons (Fsp3) is 0.592. The second-order valence-corrected chi connectivity index (χ2v) is 21.7. The number of alkyl carbamates (subject to hydrolysis) is 1. The third kappa shape index (κ3) is 11.4. The number of aryl methyl sites for hydroxylation is 1. The fourth-order valence-electron chi connectivity index (χ4n) is 9.35. The van der Waals surface area contributed by atoms with E-state index in [2.05, 4.69) is 31.1 Å². The van der Waals surface area contributed by atoms with Gasteiger partial charge in [-0.3, -0.25) is 4.79 Å². The van der Waals surface area contributed by atoms with Gasteiger partial charge in [0.05, 0.1) is 30.5 Å². The van der Waals surface area contributed by atoms with Crippen LogP contribution in [0.1, 0.15) is 129 Å². The van der Waals surface area contributed by atoms with Crippen LogP contribution in [-0.2, 0) is 46.1 Å². The quantitative estimate of drug-likeness (QED) is 0.0787. The van der Waals surface area contributed by atoms with Crippen molar-refractivity contribution < 1.29 is 61.7 Å². The van der Waals surface area contributed by atoms with Crippen LogP contribution in [0.5, 0.6) is 11.5 Å². The number of imidazole rings is 1. The van der Waals surface area contributed by atoms with E-state index < -0.39 is 71.9 Å². The lowest BCUT2D eigenvalue weighted by atomic mass is 9.43. The van der Waals surface area contributed by atoms with Gasteiger partial charge >= 0.3 is 31.4 Å². The number of amides is 2. The van der Waals surface area contributed by atoms with Crippen molar-refractivity contribution in [3.05, 3.63) is 77.4 Å². The number of carbonyl (C=O) groups excluding carboxylic acids is 5. The van der Waals surface area contributed by atoms with E-state index in [0.717, 1.165) is 23.0 Å². The van der Waals surface area contributed by atoms with Crippen molar-refractivity contribution in [2.24, 2.45) is 17.3 Å². The predicted octanol–water partition coefficient (Wildman–Crippen LogP) is 8.46. The van der Waals surface area contributed by atoms with Gasteiger partial charge in [-0.15, -0.1) is 0 Å². The average Bonchev–Trinajstić information content (AvgIpc) is 3.82. The van der Waals surface area contributed by atoms with Gasteiger partial charge in [-0.05, 0) is 129 Å². The maximum atomic E-state index is 14.2. The molecule has 67 heavy (non-hydrogen) atoms. The van der Waals surface area contributed by atoms with E-state index in [1.807, 2.05) is 18.2 Å². The molecule has 17 nitrogen and oxygen atoms in total. The molecule has 0 spiro atoms. The Morgan fingerprint density at radius 3 is 2.19 bits per heavy atom. The highest BCUT2D eigenvalue weighted by Gasteiger charge is 2.67. The number of nitrogens with zero attached hydrogens (tertiary/aromatic N) is 3. The molecule has 2 aliphatic heterocycles. The van der Waals surface area contributed by atoms with Crippen molar-refractivity contribution >= 4 is 37.3 Å². The number of nitrogens with one attached hydrogen (secondary N) is 1. The fourth-order valence-corrected chi connectivity index (χ4v) is 9.35.